The first-order valence-electron chi connectivity index (χ1n) is 14.1. The number of thioether (sulfide) groups is 1. The molecule has 3 nitrogen and oxygen atoms in total. The van der Waals surface area contributed by atoms with Crippen molar-refractivity contribution < 1.29 is 13.9 Å². The normalized spacial score (nSPS) is 19.3. The molecule has 2 aromatic rings. The highest BCUT2D eigenvalue weighted by molar-refractivity contribution is 7.99. The predicted octanol–water partition coefficient (Wildman–Crippen LogP) is 9.22. The molecule has 208 valence electrons. The highest BCUT2D eigenvalue weighted by Crippen LogP contribution is 2.50. The molecule has 5 heteroatoms. The van der Waals surface area contributed by atoms with Gasteiger partial charge in [0, 0.05) is 29.1 Å². The van der Waals surface area contributed by atoms with Crippen molar-refractivity contribution in [1.29, 1.82) is 0 Å². The molecule has 0 aromatic heterocycles. The predicted molar refractivity (Wildman–Crippen MR) is 165 cm³/mol. The molecule has 3 rings (SSSR count). The SMILES string of the molecule is COc1ccc(C2(C)CSc3cc(OC)ccc3C2C#CCCCCCCCO[Si](C)(C)C(C)(C)C)cc1. The highest BCUT2D eigenvalue weighted by Gasteiger charge is 2.41. The molecule has 2 aromatic carbocycles. The summed E-state index contributed by atoms with van der Waals surface area (Å²) in [6, 6.07) is 15.0. The first-order valence-corrected chi connectivity index (χ1v) is 18.0. The fraction of sp³-hybridized carbons (Fsp3) is 0.576. The fourth-order valence-electron chi connectivity index (χ4n) is 4.68. The average molecular weight is 553 g/mol. The van der Waals surface area contributed by atoms with Gasteiger partial charge in [0.2, 0.25) is 0 Å². The molecule has 0 aliphatic carbocycles. The van der Waals surface area contributed by atoms with Gasteiger partial charge in [-0.1, -0.05) is 71.1 Å². The third-order valence-electron chi connectivity index (χ3n) is 8.41. The Labute approximate surface area is 237 Å². The number of ether oxygens (including phenoxy) is 2. The van der Waals surface area contributed by atoms with Crippen LogP contribution in [0.15, 0.2) is 47.4 Å². The molecule has 0 N–H and O–H groups in total. The van der Waals surface area contributed by atoms with Gasteiger partial charge in [-0.3, -0.25) is 0 Å². The summed E-state index contributed by atoms with van der Waals surface area (Å²) in [6.45, 7) is 14.9. The number of rotatable bonds is 11. The van der Waals surface area contributed by atoms with Crippen molar-refractivity contribution in [2.75, 3.05) is 26.6 Å². The summed E-state index contributed by atoms with van der Waals surface area (Å²) in [5.41, 5.74) is 2.55. The summed E-state index contributed by atoms with van der Waals surface area (Å²) in [4.78, 5) is 1.29. The van der Waals surface area contributed by atoms with Gasteiger partial charge in [0.25, 0.3) is 0 Å². The largest absolute Gasteiger partial charge is 0.497 e. The standard InChI is InChI=1S/C33H48O3SSi/c1-32(2,3)38(7,8)36-23-15-13-11-9-10-12-14-16-30-29-22-21-28(35-6)24-31(29)37-25-33(30,4)26-17-19-27(34-5)20-18-26/h17-22,24,30H,9-13,15,23,25H2,1-8H3. The Bertz CT molecular complexity index is 1090. The fourth-order valence-corrected chi connectivity index (χ4v) is 7.11. The van der Waals surface area contributed by atoms with Crippen LogP contribution < -0.4 is 9.47 Å². The van der Waals surface area contributed by atoms with E-state index >= 15 is 0 Å². The zero-order chi connectivity index (χ0) is 27.8. The van der Waals surface area contributed by atoms with Crippen molar-refractivity contribution >= 4 is 20.1 Å². The van der Waals surface area contributed by atoms with Crippen LogP contribution in [0.3, 0.4) is 0 Å². The minimum atomic E-state index is -1.61. The van der Waals surface area contributed by atoms with Crippen LogP contribution in [-0.4, -0.2) is 34.9 Å². The second-order valence-corrected chi connectivity index (χ2v) is 18.0. The number of unbranched alkanes of at least 4 members (excludes halogenated alkanes) is 5. The van der Waals surface area contributed by atoms with Crippen LogP contribution >= 0.6 is 11.8 Å². The number of methoxy groups -OCH3 is 2. The Balaban J connectivity index is 1.59. The van der Waals surface area contributed by atoms with Crippen LogP contribution in [0.5, 0.6) is 11.5 Å². The van der Waals surface area contributed by atoms with E-state index in [1.807, 2.05) is 11.8 Å². The number of hydrogen-bond donors (Lipinski definition) is 0. The molecule has 1 aliphatic heterocycles. The van der Waals surface area contributed by atoms with E-state index in [2.05, 4.69) is 95.1 Å². The Hall–Kier alpha value is -1.87. The van der Waals surface area contributed by atoms with Crippen LogP contribution in [0.1, 0.15) is 83.3 Å². The molecule has 0 saturated carbocycles. The maximum Gasteiger partial charge on any atom is 0.191 e. The zero-order valence-electron chi connectivity index (χ0n) is 24.9. The minimum Gasteiger partial charge on any atom is -0.497 e. The Morgan fingerprint density at radius 3 is 2.21 bits per heavy atom. The number of fused-ring (bicyclic) bond motifs is 1. The van der Waals surface area contributed by atoms with Crippen molar-refractivity contribution in [3.63, 3.8) is 0 Å². The lowest BCUT2D eigenvalue weighted by molar-refractivity contribution is 0.277. The lowest BCUT2D eigenvalue weighted by Gasteiger charge is -2.40. The summed E-state index contributed by atoms with van der Waals surface area (Å²) in [7, 11) is 1.84. The van der Waals surface area contributed by atoms with Gasteiger partial charge in [0.1, 0.15) is 11.5 Å². The van der Waals surface area contributed by atoms with Gasteiger partial charge in [-0.2, -0.15) is 0 Å². The second-order valence-electron chi connectivity index (χ2n) is 12.2. The van der Waals surface area contributed by atoms with Crippen molar-refractivity contribution in [2.45, 2.75) is 101 Å². The summed E-state index contributed by atoms with van der Waals surface area (Å²) >= 11 is 1.91. The third-order valence-corrected chi connectivity index (χ3v) is 14.4. The first kappa shape index (κ1) is 30.7. The van der Waals surface area contributed by atoms with E-state index in [1.54, 1.807) is 14.2 Å². The third kappa shape index (κ3) is 7.62. The molecular weight excluding hydrogens is 505 g/mol. The summed E-state index contributed by atoms with van der Waals surface area (Å²) in [5.74, 6) is 10.2. The van der Waals surface area contributed by atoms with Crippen LogP contribution in [0, 0.1) is 11.8 Å². The molecule has 0 fully saturated rings. The van der Waals surface area contributed by atoms with Gasteiger partial charge >= 0.3 is 0 Å². The summed E-state index contributed by atoms with van der Waals surface area (Å²) in [5, 5.41) is 0.290. The van der Waals surface area contributed by atoms with Crippen LogP contribution in [0.25, 0.3) is 0 Å². The van der Waals surface area contributed by atoms with Gasteiger partial charge in [-0.15, -0.1) is 17.7 Å². The topological polar surface area (TPSA) is 27.7 Å². The smallest absolute Gasteiger partial charge is 0.191 e. The Morgan fingerprint density at radius 1 is 0.921 bits per heavy atom. The van der Waals surface area contributed by atoms with Gasteiger partial charge in [-0.05, 0) is 66.4 Å². The van der Waals surface area contributed by atoms with Gasteiger partial charge < -0.3 is 13.9 Å². The number of hydrogen-bond acceptors (Lipinski definition) is 4. The van der Waals surface area contributed by atoms with Gasteiger partial charge in [0.15, 0.2) is 8.32 Å². The van der Waals surface area contributed by atoms with Crippen molar-refractivity contribution in [1.82, 2.24) is 0 Å². The monoisotopic (exact) mass is 552 g/mol. The van der Waals surface area contributed by atoms with E-state index in [4.69, 9.17) is 13.9 Å². The molecule has 38 heavy (non-hydrogen) atoms. The average Bonchev–Trinajstić information content (AvgIpc) is 2.89. The summed E-state index contributed by atoms with van der Waals surface area (Å²) < 4.78 is 17.2. The molecule has 0 spiro atoms. The molecule has 0 saturated heterocycles. The maximum atomic E-state index is 6.32. The maximum absolute atomic E-state index is 6.32. The quantitative estimate of drug-likeness (QED) is 0.158. The van der Waals surface area contributed by atoms with Crippen molar-refractivity contribution in [2.24, 2.45) is 0 Å². The van der Waals surface area contributed by atoms with Crippen molar-refractivity contribution in [3.05, 3.63) is 53.6 Å². The van der Waals surface area contributed by atoms with E-state index in [9.17, 15) is 0 Å². The molecular formula is C33H48O3SSi. The van der Waals surface area contributed by atoms with E-state index in [1.165, 1.54) is 41.7 Å². The molecule has 0 radical (unpaired) electrons. The van der Waals surface area contributed by atoms with E-state index in [-0.39, 0.29) is 11.3 Å². The van der Waals surface area contributed by atoms with E-state index in [0.717, 1.165) is 36.7 Å². The molecule has 1 heterocycles. The zero-order valence-corrected chi connectivity index (χ0v) is 26.7. The lowest BCUT2D eigenvalue weighted by Crippen LogP contribution is -2.40. The van der Waals surface area contributed by atoms with Crippen molar-refractivity contribution in [3.8, 4) is 23.3 Å². The van der Waals surface area contributed by atoms with Crippen LogP contribution in [0.2, 0.25) is 18.1 Å². The van der Waals surface area contributed by atoms with Gasteiger partial charge in [0.05, 0.1) is 20.1 Å². The Kier molecular flexibility index (Phi) is 10.9. The van der Waals surface area contributed by atoms with Crippen LogP contribution in [-0.2, 0) is 9.84 Å². The van der Waals surface area contributed by atoms with E-state index < -0.39 is 8.32 Å². The van der Waals surface area contributed by atoms with Crippen LogP contribution in [0.4, 0.5) is 0 Å². The first-order chi connectivity index (χ1) is 18.0. The lowest BCUT2D eigenvalue weighted by atomic mass is 9.70. The van der Waals surface area contributed by atoms with E-state index in [0.29, 0.717) is 5.04 Å². The highest BCUT2D eigenvalue weighted by atomic mass is 32.2. The molecule has 0 bridgehead atoms. The summed E-state index contributed by atoms with van der Waals surface area (Å²) in [6.07, 6.45) is 7.01. The second kappa shape index (κ2) is 13.5. The molecule has 0 amide bonds. The molecule has 2 atom stereocenters. The molecule has 2 unspecified atom stereocenters. The molecule has 1 aliphatic rings. The Morgan fingerprint density at radius 2 is 1.55 bits per heavy atom. The number of benzene rings is 2. The van der Waals surface area contributed by atoms with Gasteiger partial charge in [-0.25, -0.2) is 0 Å². The minimum absolute atomic E-state index is 0.0737.